The molecule has 2 N–H and O–H groups in total. The number of benzene rings is 1. The summed E-state index contributed by atoms with van der Waals surface area (Å²) in [7, 11) is 0. The largest absolute Gasteiger partial charge is 0.493 e. The monoisotopic (exact) mass is 315 g/mol. The zero-order chi connectivity index (χ0) is 15.3. The van der Waals surface area contributed by atoms with E-state index in [1.54, 1.807) is 17.4 Å². The molecule has 0 fully saturated rings. The number of halogens is 3. The van der Waals surface area contributed by atoms with Crippen LogP contribution in [0.3, 0.4) is 0 Å². The van der Waals surface area contributed by atoms with Crippen molar-refractivity contribution in [2.24, 2.45) is 5.73 Å². The van der Waals surface area contributed by atoms with E-state index in [2.05, 4.69) is 0 Å². The average molecular weight is 315 g/mol. The Labute approximate surface area is 125 Å². The standard InChI is InChI=1S/C15H16F3NOS/c16-15(17,18)13-10-11(5-7-19)3-4-14(13)20-8-6-12-2-1-9-21-12/h1-4,9-10H,5-8,19H2. The van der Waals surface area contributed by atoms with E-state index < -0.39 is 11.7 Å². The van der Waals surface area contributed by atoms with E-state index in [1.807, 2.05) is 17.5 Å². The first-order chi connectivity index (χ1) is 10.0. The lowest BCUT2D eigenvalue weighted by atomic mass is 10.1. The van der Waals surface area contributed by atoms with Crippen molar-refractivity contribution < 1.29 is 17.9 Å². The highest BCUT2D eigenvalue weighted by Gasteiger charge is 2.34. The predicted molar refractivity (Wildman–Crippen MR) is 77.7 cm³/mol. The topological polar surface area (TPSA) is 35.2 Å². The lowest BCUT2D eigenvalue weighted by Crippen LogP contribution is -2.12. The van der Waals surface area contributed by atoms with Gasteiger partial charge in [0.15, 0.2) is 0 Å². The van der Waals surface area contributed by atoms with Crippen LogP contribution in [0.25, 0.3) is 0 Å². The molecule has 1 aromatic heterocycles. The molecule has 2 rings (SSSR count). The van der Waals surface area contributed by atoms with Crippen molar-refractivity contribution >= 4 is 11.3 Å². The van der Waals surface area contributed by atoms with Crippen LogP contribution in [0.1, 0.15) is 16.0 Å². The summed E-state index contributed by atoms with van der Waals surface area (Å²) in [5.74, 6) is -0.125. The lowest BCUT2D eigenvalue weighted by Gasteiger charge is -2.15. The molecule has 2 aromatic rings. The third kappa shape index (κ3) is 4.47. The van der Waals surface area contributed by atoms with E-state index in [-0.39, 0.29) is 12.4 Å². The zero-order valence-corrected chi connectivity index (χ0v) is 12.1. The number of hydrogen-bond acceptors (Lipinski definition) is 3. The summed E-state index contributed by atoms with van der Waals surface area (Å²) in [4.78, 5) is 1.09. The minimum atomic E-state index is -4.43. The Kier molecular flexibility index (Phi) is 5.25. The second-order valence-electron chi connectivity index (χ2n) is 4.54. The molecule has 1 aromatic carbocycles. The number of thiophene rings is 1. The molecule has 0 unspecified atom stereocenters. The quantitative estimate of drug-likeness (QED) is 0.878. The molecule has 6 heteroatoms. The highest BCUT2D eigenvalue weighted by molar-refractivity contribution is 7.09. The van der Waals surface area contributed by atoms with Crippen LogP contribution >= 0.6 is 11.3 Å². The number of alkyl halides is 3. The van der Waals surface area contributed by atoms with E-state index in [0.717, 1.165) is 10.9 Å². The fourth-order valence-corrected chi connectivity index (χ4v) is 2.65. The average Bonchev–Trinajstić information content (AvgIpc) is 2.92. The molecular weight excluding hydrogens is 299 g/mol. The second-order valence-corrected chi connectivity index (χ2v) is 5.58. The Morgan fingerprint density at radius 3 is 2.57 bits per heavy atom. The number of ether oxygens (including phenoxy) is 1. The van der Waals surface area contributed by atoms with Gasteiger partial charge in [0.05, 0.1) is 12.2 Å². The molecule has 114 valence electrons. The molecule has 1 heterocycles. The fourth-order valence-electron chi connectivity index (χ4n) is 1.96. The van der Waals surface area contributed by atoms with Crippen LogP contribution in [0, 0.1) is 0 Å². The van der Waals surface area contributed by atoms with Crippen LogP contribution in [0.2, 0.25) is 0 Å². The Morgan fingerprint density at radius 2 is 1.95 bits per heavy atom. The molecule has 0 aliphatic carbocycles. The smallest absolute Gasteiger partial charge is 0.419 e. The highest BCUT2D eigenvalue weighted by atomic mass is 32.1. The van der Waals surface area contributed by atoms with Crippen molar-refractivity contribution in [3.05, 3.63) is 51.7 Å². The normalized spacial score (nSPS) is 11.6. The van der Waals surface area contributed by atoms with Gasteiger partial charge in [0.1, 0.15) is 5.75 Å². The summed E-state index contributed by atoms with van der Waals surface area (Å²) in [6.07, 6.45) is -3.42. The Balaban J connectivity index is 2.10. The van der Waals surface area contributed by atoms with Crippen LogP contribution in [0.5, 0.6) is 5.75 Å². The summed E-state index contributed by atoms with van der Waals surface area (Å²) < 4.78 is 44.5. The van der Waals surface area contributed by atoms with Crippen LogP contribution < -0.4 is 10.5 Å². The molecule has 0 bridgehead atoms. The predicted octanol–water partition coefficient (Wildman–Crippen LogP) is 3.89. The van der Waals surface area contributed by atoms with Crippen molar-refractivity contribution in [1.82, 2.24) is 0 Å². The molecule has 0 saturated carbocycles. The van der Waals surface area contributed by atoms with Gasteiger partial charge in [0.2, 0.25) is 0 Å². The van der Waals surface area contributed by atoms with E-state index in [1.165, 1.54) is 6.07 Å². The summed E-state index contributed by atoms with van der Waals surface area (Å²) in [5, 5.41) is 1.93. The maximum Gasteiger partial charge on any atom is 0.419 e. The number of hydrogen-bond donors (Lipinski definition) is 1. The van der Waals surface area contributed by atoms with Gasteiger partial charge < -0.3 is 10.5 Å². The van der Waals surface area contributed by atoms with Crippen molar-refractivity contribution in [2.45, 2.75) is 19.0 Å². The first-order valence-electron chi connectivity index (χ1n) is 6.56. The molecule has 0 amide bonds. The molecule has 0 spiro atoms. The Morgan fingerprint density at radius 1 is 1.14 bits per heavy atom. The van der Waals surface area contributed by atoms with Crippen molar-refractivity contribution in [1.29, 1.82) is 0 Å². The van der Waals surface area contributed by atoms with Crippen LogP contribution in [-0.2, 0) is 19.0 Å². The summed E-state index contributed by atoms with van der Waals surface area (Å²) in [6, 6.07) is 7.96. The molecule has 0 saturated heterocycles. The maximum atomic E-state index is 13.1. The number of rotatable bonds is 6. The SMILES string of the molecule is NCCc1ccc(OCCc2cccs2)c(C(F)(F)F)c1. The van der Waals surface area contributed by atoms with Gasteiger partial charge in [-0.1, -0.05) is 12.1 Å². The lowest BCUT2D eigenvalue weighted by molar-refractivity contribution is -0.139. The Hall–Kier alpha value is -1.53. The van der Waals surface area contributed by atoms with Crippen LogP contribution in [0.15, 0.2) is 35.7 Å². The van der Waals surface area contributed by atoms with Crippen LogP contribution in [0.4, 0.5) is 13.2 Å². The molecule has 0 aliphatic rings. The zero-order valence-electron chi connectivity index (χ0n) is 11.3. The molecule has 0 aliphatic heterocycles. The molecule has 21 heavy (non-hydrogen) atoms. The minimum absolute atomic E-state index is 0.125. The van der Waals surface area contributed by atoms with Gasteiger partial charge in [0.25, 0.3) is 0 Å². The molecule has 0 radical (unpaired) electrons. The minimum Gasteiger partial charge on any atom is -0.493 e. The van der Waals surface area contributed by atoms with Gasteiger partial charge in [0, 0.05) is 11.3 Å². The van der Waals surface area contributed by atoms with Gasteiger partial charge in [-0.15, -0.1) is 11.3 Å². The van der Waals surface area contributed by atoms with Crippen LogP contribution in [-0.4, -0.2) is 13.2 Å². The van der Waals surface area contributed by atoms with Gasteiger partial charge in [-0.25, -0.2) is 0 Å². The van der Waals surface area contributed by atoms with E-state index in [9.17, 15) is 13.2 Å². The molecular formula is C15H16F3NOS. The van der Waals surface area contributed by atoms with Gasteiger partial charge in [-0.3, -0.25) is 0 Å². The second kappa shape index (κ2) is 6.95. The first kappa shape index (κ1) is 15.9. The van der Waals surface area contributed by atoms with Crippen molar-refractivity contribution in [3.8, 4) is 5.75 Å². The van der Waals surface area contributed by atoms with E-state index >= 15 is 0 Å². The van der Waals surface area contributed by atoms with Crippen molar-refractivity contribution in [3.63, 3.8) is 0 Å². The first-order valence-corrected chi connectivity index (χ1v) is 7.44. The fraction of sp³-hybridized carbons (Fsp3) is 0.333. The van der Waals surface area contributed by atoms with Gasteiger partial charge in [-0.05, 0) is 42.1 Å². The third-order valence-corrected chi connectivity index (χ3v) is 3.90. The van der Waals surface area contributed by atoms with Gasteiger partial charge >= 0.3 is 6.18 Å². The maximum absolute atomic E-state index is 13.1. The van der Waals surface area contributed by atoms with E-state index in [0.29, 0.717) is 24.9 Å². The molecule has 2 nitrogen and oxygen atoms in total. The highest BCUT2D eigenvalue weighted by Crippen LogP contribution is 2.37. The van der Waals surface area contributed by atoms with Gasteiger partial charge in [-0.2, -0.15) is 13.2 Å². The van der Waals surface area contributed by atoms with Crippen molar-refractivity contribution in [2.75, 3.05) is 13.2 Å². The number of nitrogens with two attached hydrogens (primary N) is 1. The molecule has 0 atom stereocenters. The summed E-state index contributed by atoms with van der Waals surface area (Å²) >= 11 is 1.56. The summed E-state index contributed by atoms with van der Waals surface area (Å²) in [6.45, 7) is 0.537. The summed E-state index contributed by atoms with van der Waals surface area (Å²) in [5.41, 5.74) is 5.21. The Bertz CT molecular complexity index is 567. The third-order valence-electron chi connectivity index (χ3n) is 2.97. The van der Waals surface area contributed by atoms with E-state index in [4.69, 9.17) is 10.5 Å².